The second-order valence-corrected chi connectivity index (χ2v) is 4.16. The molecule has 0 saturated heterocycles. The van der Waals surface area contributed by atoms with Crippen molar-refractivity contribution in [2.45, 2.75) is 18.7 Å². The van der Waals surface area contributed by atoms with Gasteiger partial charge in [0.2, 0.25) is 0 Å². The lowest BCUT2D eigenvalue weighted by Crippen LogP contribution is -2.21. The van der Waals surface area contributed by atoms with Gasteiger partial charge in [-0.2, -0.15) is 11.8 Å². The second kappa shape index (κ2) is 3.59. The Morgan fingerprint density at radius 2 is 2.46 bits per heavy atom. The maximum Gasteiger partial charge on any atom is 0.270 e. The van der Waals surface area contributed by atoms with E-state index in [1.54, 1.807) is 0 Å². The van der Waals surface area contributed by atoms with Gasteiger partial charge in [0.25, 0.3) is 5.56 Å². The average molecular weight is 200 g/mol. The molecular weight excluding hydrogens is 188 g/mol. The number of nitrogens with one attached hydrogen (secondary N) is 1. The Morgan fingerprint density at radius 1 is 1.62 bits per heavy atom. The smallest absolute Gasteiger partial charge is 0.270 e. The maximum absolute atomic E-state index is 11.6. The summed E-state index contributed by atoms with van der Waals surface area (Å²) < 4.78 is 1.50. The number of thioether (sulfide) groups is 1. The molecule has 0 aliphatic carbocycles. The molecule has 0 bridgehead atoms. The molecule has 2 rings (SSSR count). The number of aromatic amines is 1. The van der Waals surface area contributed by atoms with Crippen molar-refractivity contribution in [2.75, 3.05) is 12.4 Å². The lowest BCUT2D eigenvalue weighted by molar-refractivity contribution is 0.267. The van der Waals surface area contributed by atoms with E-state index >= 15 is 0 Å². The molecule has 2 N–H and O–H groups in total. The number of fused-ring (bicyclic) bond motifs is 1. The minimum atomic E-state index is 0.00639. The zero-order valence-electron chi connectivity index (χ0n) is 7.25. The molecular formula is C8H12N2O2S. The van der Waals surface area contributed by atoms with E-state index in [2.05, 4.69) is 5.10 Å². The topological polar surface area (TPSA) is 58.0 Å². The summed E-state index contributed by atoms with van der Waals surface area (Å²) in [6.07, 6.45) is 0.855. The minimum absolute atomic E-state index is 0.00639. The third-order valence-corrected chi connectivity index (χ3v) is 3.19. The van der Waals surface area contributed by atoms with Crippen LogP contribution in [0.15, 0.2) is 4.79 Å². The van der Waals surface area contributed by atoms with Gasteiger partial charge in [-0.05, 0) is 12.2 Å². The van der Waals surface area contributed by atoms with Gasteiger partial charge in [-0.25, -0.2) is 0 Å². The molecule has 0 unspecified atom stereocenters. The van der Waals surface area contributed by atoms with Crippen molar-refractivity contribution >= 4 is 11.8 Å². The number of aliphatic hydroxyl groups is 1. The van der Waals surface area contributed by atoms with Gasteiger partial charge in [-0.3, -0.25) is 14.6 Å². The Hall–Kier alpha value is -0.680. The van der Waals surface area contributed by atoms with Crippen LogP contribution in [-0.2, 0) is 18.7 Å². The molecule has 5 heteroatoms. The number of aromatic nitrogens is 2. The van der Waals surface area contributed by atoms with Crippen molar-refractivity contribution in [2.24, 2.45) is 0 Å². The first-order valence-corrected chi connectivity index (χ1v) is 5.47. The van der Waals surface area contributed by atoms with E-state index < -0.39 is 0 Å². The zero-order chi connectivity index (χ0) is 9.26. The number of hydrogen-bond acceptors (Lipinski definition) is 3. The SMILES string of the molecule is O=c1c2c([nH]n1CCO)CSCC2. The van der Waals surface area contributed by atoms with E-state index in [-0.39, 0.29) is 12.2 Å². The molecule has 4 nitrogen and oxygen atoms in total. The predicted octanol–water partition coefficient (Wildman–Crippen LogP) is -0.0420. The van der Waals surface area contributed by atoms with Crippen LogP contribution in [0.25, 0.3) is 0 Å². The molecule has 1 aromatic rings. The van der Waals surface area contributed by atoms with E-state index in [1.165, 1.54) is 4.68 Å². The molecule has 0 radical (unpaired) electrons. The quantitative estimate of drug-likeness (QED) is 0.704. The summed E-state index contributed by atoms with van der Waals surface area (Å²) in [4.78, 5) is 11.6. The lowest BCUT2D eigenvalue weighted by atomic mass is 10.2. The van der Waals surface area contributed by atoms with Gasteiger partial charge in [0.15, 0.2) is 0 Å². The van der Waals surface area contributed by atoms with Crippen molar-refractivity contribution in [3.05, 3.63) is 21.6 Å². The number of rotatable bonds is 2. The highest BCUT2D eigenvalue weighted by Crippen LogP contribution is 2.20. The van der Waals surface area contributed by atoms with Crippen LogP contribution < -0.4 is 5.56 Å². The van der Waals surface area contributed by atoms with Crippen LogP contribution in [0.3, 0.4) is 0 Å². The van der Waals surface area contributed by atoms with Crippen molar-refractivity contribution in [1.82, 2.24) is 9.78 Å². The number of aliphatic hydroxyl groups excluding tert-OH is 1. The van der Waals surface area contributed by atoms with E-state index in [4.69, 9.17) is 5.11 Å². The molecule has 1 aliphatic heterocycles. The third-order valence-electron chi connectivity index (χ3n) is 2.20. The highest BCUT2D eigenvalue weighted by Gasteiger charge is 2.16. The van der Waals surface area contributed by atoms with Crippen molar-refractivity contribution in [3.8, 4) is 0 Å². The van der Waals surface area contributed by atoms with E-state index in [1.807, 2.05) is 11.8 Å². The Bertz CT molecular complexity index is 356. The van der Waals surface area contributed by atoms with E-state index in [9.17, 15) is 4.79 Å². The Kier molecular flexibility index (Phi) is 2.46. The first-order chi connectivity index (χ1) is 6.33. The number of nitrogens with zero attached hydrogens (tertiary/aromatic N) is 1. The lowest BCUT2D eigenvalue weighted by Gasteiger charge is -2.07. The minimum Gasteiger partial charge on any atom is -0.394 e. The van der Waals surface area contributed by atoms with Gasteiger partial charge in [0, 0.05) is 11.3 Å². The van der Waals surface area contributed by atoms with Crippen molar-refractivity contribution < 1.29 is 5.11 Å². The van der Waals surface area contributed by atoms with Gasteiger partial charge in [-0.15, -0.1) is 0 Å². The average Bonchev–Trinajstić information content (AvgIpc) is 2.46. The van der Waals surface area contributed by atoms with Crippen molar-refractivity contribution in [1.29, 1.82) is 0 Å². The molecule has 0 amide bonds. The van der Waals surface area contributed by atoms with E-state index in [0.717, 1.165) is 29.2 Å². The summed E-state index contributed by atoms with van der Waals surface area (Å²) in [5, 5.41) is 11.7. The Morgan fingerprint density at radius 3 is 3.15 bits per heavy atom. The maximum atomic E-state index is 11.6. The van der Waals surface area contributed by atoms with Gasteiger partial charge >= 0.3 is 0 Å². The summed E-state index contributed by atoms with van der Waals surface area (Å²) >= 11 is 1.83. The Labute approximate surface area is 79.9 Å². The van der Waals surface area contributed by atoms with Gasteiger partial charge in [-0.1, -0.05) is 0 Å². The standard InChI is InChI=1S/C8H12N2O2S/c11-3-2-10-8(12)6-1-4-13-5-7(6)9-10/h9,11H,1-5H2. The fourth-order valence-corrected chi connectivity index (χ4v) is 2.49. The van der Waals surface area contributed by atoms with Crippen LogP contribution in [0.1, 0.15) is 11.3 Å². The fourth-order valence-electron chi connectivity index (χ4n) is 1.56. The van der Waals surface area contributed by atoms with Crippen LogP contribution >= 0.6 is 11.8 Å². The fraction of sp³-hybridized carbons (Fsp3) is 0.625. The highest BCUT2D eigenvalue weighted by atomic mass is 32.2. The first kappa shape index (κ1) is 8.90. The summed E-state index contributed by atoms with van der Waals surface area (Å²) in [5.41, 5.74) is 1.99. The largest absolute Gasteiger partial charge is 0.394 e. The monoisotopic (exact) mass is 200 g/mol. The molecule has 0 spiro atoms. The summed E-state index contributed by atoms with van der Waals surface area (Å²) in [6, 6.07) is 0. The Balaban J connectivity index is 2.39. The van der Waals surface area contributed by atoms with Gasteiger partial charge in [0.1, 0.15) is 0 Å². The molecule has 0 aromatic carbocycles. The molecule has 0 atom stereocenters. The number of hydrogen-bond donors (Lipinski definition) is 2. The molecule has 1 aliphatic rings. The second-order valence-electron chi connectivity index (χ2n) is 3.05. The third kappa shape index (κ3) is 1.53. The van der Waals surface area contributed by atoms with Crippen LogP contribution in [-0.4, -0.2) is 27.2 Å². The van der Waals surface area contributed by atoms with Crippen molar-refractivity contribution in [3.63, 3.8) is 0 Å². The summed E-state index contributed by atoms with van der Waals surface area (Å²) in [6.45, 7) is 0.378. The molecule has 13 heavy (non-hydrogen) atoms. The van der Waals surface area contributed by atoms with Crippen LogP contribution in [0.5, 0.6) is 0 Å². The molecule has 0 fully saturated rings. The van der Waals surface area contributed by atoms with Crippen LogP contribution in [0.2, 0.25) is 0 Å². The van der Waals surface area contributed by atoms with Crippen LogP contribution in [0, 0.1) is 0 Å². The normalized spacial score (nSPS) is 15.8. The highest BCUT2D eigenvalue weighted by molar-refractivity contribution is 7.98. The molecule has 2 heterocycles. The van der Waals surface area contributed by atoms with Gasteiger partial charge in [0.05, 0.1) is 18.8 Å². The summed E-state index contributed by atoms with van der Waals surface area (Å²) in [7, 11) is 0. The molecule has 0 saturated carbocycles. The van der Waals surface area contributed by atoms with E-state index in [0.29, 0.717) is 6.54 Å². The first-order valence-electron chi connectivity index (χ1n) is 4.32. The molecule has 72 valence electrons. The molecule has 1 aromatic heterocycles. The predicted molar refractivity (Wildman–Crippen MR) is 52.0 cm³/mol. The number of H-pyrrole nitrogens is 1. The summed E-state index contributed by atoms with van der Waals surface area (Å²) in [5.74, 6) is 1.92. The van der Waals surface area contributed by atoms with Gasteiger partial charge < -0.3 is 5.11 Å². The van der Waals surface area contributed by atoms with Crippen LogP contribution in [0.4, 0.5) is 0 Å². The zero-order valence-corrected chi connectivity index (χ0v) is 8.06.